The van der Waals surface area contributed by atoms with Gasteiger partial charge in [-0.15, -0.1) is 0 Å². The number of benzene rings is 2. The van der Waals surface area contributed by atoms with Crippen LogP contribution >= 0.6 is 0 Å². The molecule has 0 aromatic heterocycles. The van der Waals surface area contributed by atoms with Crippen LogP contribution in [0.3, 0.4) is 0 Å². The first-order valence-corrected chi connectivity index (χ1v) is 6.46. The average Bonchev–Trinajstić information content (AvgIpc) is 2.35. The molecule has 0 heterocycles. The minimum Gasteiger partial charge on any atom is -0.370 e. The maximum atomic E-state index is 13.4. The van der Waals surface area contributed by atoms with Gasteiger partial charge in [-0.2, -0.15) is 0 Å². The van der Waals surface area contributed by atoms with Crippen LogP contribution in [0.1, 0.15) is 22.7 Å². The quantitative estimate of drug-likeness (QED) is 0.908. The molecule has 1 unspecified atom stereocenters. The van der Waals surface area contributed by atoms with E-state index < -0.39 is 17.8 Å². The Morgan fingerprint density at radius 2 is 1.81 bits per heavy atom. The van der Waals surface area contributed by atoms with Crippen LogP contribution in [-0.4, -0.2) is 5.91 Å². The zero-order chi connectivity index (χ0) is 15.6. The highest BCUT2D eigenvalue weighted by molar-refractivity contribution is 5.85. The number of carbonyl (C=O) groups excluding carboxylic acids is 1. The van der Waals surface area contributed by atoms with Gasteiger partial charge in [-0.1, -0.05) is 6.07 Å². The molecule has 1 atom stereocenters. The lowest BCUT2D eigenvalue weighted by atomic mass is 10.00. The lowest BCUT2D eigenvalue weighted by molar-refractivity contribution is -0.118. The third-order valence-electron chi connectivity index (χ3n) is 3.18. The molecular weight excluding hydrogens is 274 g/mol. The molecule has 110 valence electrons. The summed E-state index contributed by atoms with van der Waals surface area (Å²) < 4.78 is 26.6. The van der Waals surface area contributed by atoms with E-state index >= 15 is 0 Å². The number of hydrogen-bond acceptors (Lipinski definition) is 2. The van der Waals surface area contributed by atoms with Crippen LogP contribution in [0.15, 0.2) is 36.4 Å². The van der Waals surface area contributed by atoms with Crippen LogP contribution in [0.4, 0.5) is 14.5 Å². The Balaban J connectivity index is 2.37. The van der Waals surface area contributed by atoms with Gasteiger partial charge in [-0.3, -0.25) is 4.79 Å². The van der Waals surface area contributed by atoms with Gasteiger partial charge in [0.25, 0.3) is 0 Å². The van der Waals surface area contributed by atoms with Crippen molar-refractivity contribution in [1.82, 2.24) is 0 Å². The van der Waals surface area contributed by atoms with Gasteiger partial charge < -0.3 is 11.1 Å². The number of aryl methyl sites for hydroxylation is 2. The van der Waals surface area contributed by atoms with E-state index in [0.717, 1.165) is 5.56 Å². The van der Waals surface area contributed by atoms with Crippen LogP contribution in [0, 0.1) is 25.5 Å². The second-order valence-electron chi connectivity index (χ2n) is 5.00. The largest absolute Gasteiger partial charge is 0.370 e. The van der Waals surface area contributed by atoms with Crippen molar-refractivity contribution in [1.29, 1.82) is 0 Å². The Morgan fingerprint density at radius 1 is 1.10 bits per heavy atom. The lowest BCUT2D eigenvalue weighted by Crippen LogP contribution is -2.28. The summed E-state index contributed by atoms with van der Waals surface area (Å²) in [6, 6.07) is 7.60. The monoisotopic (exact) mass is 290 g/mol. The highest BCUT2D eigenvalue weighted by atomic mass is 19.1. The SMILES string of the molecule is Cc1cc(F)cc(NC(C(N)=O)c2ccc(F)cc2C)c1. The van der Waals surface area contributed by atoms with Crippen LogP contribution < -0.4 is 11.1 Å². The molecule has 0 aliphatic heterocycles. The first kappa shape index (κ1) is 15.0. The van der Waals surface area contributed by atoms with Crippen molar-refractivity contribution in [2.75, 3.05) is 5.32 Å². The third kappa shape index (κ3) is 3.56. The number of hydrogen-bond donors (Lipinski definition) is 2. The fourth-order valence-electron chi connectivity index (χ4n) is 2.25. The normalized spacial score (nSPS) is 12.0. The molecule has 2 aromatic carbocycles. The molecule has 2 rings (SSSR count). The smallest absolute Gasteiger partial charge is 0.244 e. The molecule has 0 spiro atoms. The predicted octanol–water partition coefficient (Wildman–Crippen LogP) is 3.22. The molecule has 5 heteroatoms. The molecule has 21 heavy (non-hydrogen) atoms. The first-order valence-electron chi connectivity index (χ1n) is 6.46. The van der Waals surface area contributed by atoms with E-state index in [2.05, 4.69) is 5.32 Å². The Bertz CT molecular complexity index is 666. The number of carbonyl (C=O) groups is 1. The van der Waals surface area contributed by atoms with Gasteiger partial charge in [-0.25, -0.2) is 8.78 Å². The minimum absolute atomic E-state index is 0.388. The first-order chi connectivity index (χ1) is 9.86. The van der Waals surface area contributed by atoms with Crippen molar-refractivity contribution in [2.45, 2.75) is 19.9 Å². The van der Waals surface area contributed by atoms with Crippen LogP contribution in [0.5, 0.6) is 0 Å². The maximum Gasteiger partial charge on any atom is 0.244 e. The van der Waals surface area contributed by atoms with Crippen molar-refractivity contribution >= 4 is 11.6 Å². The van der Waals surface area contributed by atoms with Crippen molar-refractivity contribution in [2.24, 2.45) is 5.73 Å². The van der Waals surface area contributed by atoms with Crippen LogP contribution in [0.25, 0.3) is 0 Å². The summed E-state index contributed by atoms with van der Waals surface area (Å²) in [6.45, 7) is 3.43. The van der Waals surface area contributed by atoms with Crippen LogP contribution in [-0.2, 0) is 4.79 Å². The number of amides is 1. The fraction of sp³-hybridized carbons (Fsp3) is 0.188. The molecule has 0 saturated carbocycles. The van der Waals surface area contributed by atoms with Gasteiger partial charge in [0.2, 0.25) is 5.91 Å². The molecule has 0 aliphatic carbocycles. The zero-order valence-corrected chi connectivity index (χ0v) is 11.8. The van der Waals surface area contributed by atoms with Gasteiger partial charge in [0.15, 0.2) is 0 Å². The second-order valence-corrected chi connectivity index (χ2v) is 5.00. The second kappa shape index (κ2) is 5.91. The van der Waals surface area contributed by atoms with E-state index in [1.807, 2.05) is 0 Å². The highest BCUT2D eigenvalue weighted by Gasteiger charge is 2.20. The standard InChI is InChI=1S/C16H16F2N2O/c1-9-5-12(18)8-13(6-9)20-15(16(19)21)14-4-3-11(17)7-10(14)2/h3-8,15,20H,1-2H3,(H2,19,21). The molecular formula is C16H16F2N2O. The molecule has 3 nitrogen and oxygen atoms in total. The molecule has 1 amide bonds. The Kier molecular flexibility index (Phi) is 4.21. The fourth-order valence-corrected chi connectivity index (χ4v) is 2.25. The summed E-state index contributed by atoms with van der Waals surface area (Å²) in [5.74, 6) is -1.41. The Hall–Kier alpha value is -2.43. The molecule has 0 bridgehead atoms. The molecule has 0 saturated heterocycles. The van der Waals surface area contributed by atoms with Gasteiger partial charge in [-0.05, 0) is 60.9 Å². The summed E-state index contributed by atoms with van der Waals surface area (Å²) in [5, 5.41) is 2.90. The molecule has 2 aromatic rings. The number of nitrogens with two attached hydrogens (primary N) is 1. The number of primary amides is 1. The van der Waals surface area contributed by atoms with Crippen LogP contribution in [0.2, 0.25) is 0 Å². The maximum absolute atomic E-state index is 13.4. The molecule has 0 radical (unpaired) electrons. The van der Waals surface area contributed by atoms with E-state index in [1.165, 1.54) is 30.3 Å². The van der Waals surface area contributed by atoms with Gasteiger partial charge in [0, 0.05) is 5.69 Å². The summed E-state index contributed by atoms with van der Waals surface area (Å²) in [4.78, 5) is 11.7. The number of halogens is 2. The van der Waals surface area contributed by atoms with Gasteiger partial charge in [0.05, 0.1) is 0 Å². The number of rotatable bonds is 4. The lowest BCUT2D eigenvalue weighted by Gasteiger charge is -2.19. The van der Waals surface area contributed by atoms with Crippen molar-refractivity contribution in [3.05, 3.63) is 64.7 Å². The van der Waals surface area contributed by atoms with E-state index in [1.54, 1.807) is 19.9 Å². The van der Waals surface area contributed by atoms with E-state index in [0.29, 0.717) is 16.8 Å². The van der Waals surface area contributed by atoms with E-state index in [4.69, 9.17) is 5.73 Å². The highest BCUT2D eigenvalue weighted by Crippen LogP contribution is 2.24. The Labute approximate surface area is 121 Å². The summed E-state index contributed by atoms with van der Waals surface area (Å²) in [7, 11) is 0. The third-order valence-corrected chi connectivity index (χ3v) is 3.18. The van der Waals surface area contributed by atoms with Gasteiger partial charge in [0.1, 0.15) is 17.7 Å². The topological polar surface area (TPSA) is 55.1 Å². The summed E-state index contributed by atoms with van der Waals surface area (Å²) in [6.07, 6.45) is 0. The van der Waals surface area contributed by atoms with Crippen molar-refractivity contribution < 1.29 is 13.6 Å². The minimum atomic E-state index is -0.855. The molecule has 0 aliphatic rings. The van der Waals surface area contributed by atoms with Gasteiger partial charge >= 0.3 is 0 Å². The predicted molar refractivity (Wildman–Crippen MR) is 77.8 cm³/mol. The number of anilines is 1. The van der Waals surface area contributed by atoms with E-state index in [-0.39, 0.29) is 5.82 Å². The number of nitrogens with one attached hydrogen (secondary N) is 1. The van der Waals surface area contributed by atoms with E-state index in [9.17, 15) is 13.6 Å². The summed E-state index contributed by atoms with van der Waals surface area (Å²) >= 11 is 0. The van der Waals surface area contributed by atoms with Crippen molar-refractivity contribution in [3.63, 3.8) is 0 Å². The average molecular weight is 290 g/mol. The Morgan fingerprint density at radius 3 is 2.38 bits per heavy atom. The zero-order valence-electron chi connectivity index (χ0n) is 11.8. The molecule has 0 fully saturated rings. The summed E-state index contributed by atoms with van der Waals surface area (Å²) in [5.41, 5.74) is 7.73. The molecule has 3 N–H and O–H groups in total. The van der Waals surface area contributed by atoms with Crippen molar-refractivity contribution in [3.8, 4) is 0 Å².